The van der Waals surface area contributed by atoms with Crippen molar-refractivity contribution < 1.29 is 4.79 Å². The zero-order chi connectivity index (χ0) is 11.1. The summed E-state index contributed by atoms with van der Waals surface area (Å²) >= 11 is 1.48. The molecule has 0 spiro atoms. The second kappa shape index (κ2) is 3.59. The maximum Gasteiger partial charge on any atom is 0.186 e. The zero-order valence-electron chi connectivity index (χ0n) is 9.36. The molecule has 0 N–H and O–H groups in total. The molecular formula is C11H16N2OS. The Morgan fingerprint density at radius 3 is 2.87 bits per heavy atom. The van der Waals surface area contributed by atoms with E-state index in [1.807, 2.05) is 0 Å². The van der Waals surface area contributed by atoms with Crippen molar-refractivity contribution >= 4 is 22.8 Å². The van der Waals surface area contributed by atoms with Crippen LogP contribution >= 0.6 is 11.3 Å². The van der Waals surface area contributed by atoms with Crippen molar-refractivity contribution in [2.45, 2.75) is 32.7 Å². The number of nitrogens with zero attached hydrogens (tertiary/aromatic N) is 2. The Kier molecular flexibility index (Phi) is 2.54. The molecule has 15 heavy (non-hydrogen) atoms. The van der Waals surface area contributed by atoms with Crippen molar-refractivity contribution in [2.24, 2.45) is 5.92 Å². The van der Waals surface area contributed by atoms with Gasteiger partial charge in [-0.2, -0.15) is 0 Å². The standard InChI is InChI=1S/C11H16N2OS/c1-8-4-11(2,3)13(6-8)10-12-5-9(7-14)15-10/h5,7-8H,4,6H2,1-3H3. The fourth-order valence-corrected chi connectivity index (χ4v) is 3.28. The summed E-state index contributed by atoms with van der Waals surface area (Å²) < 4.78 is 0. The lowest BCUT2D eigenvalue weighted by Gasteiger charge is -2.31. The molecule has 4 heteroatoms. The van der Waals surface area contributed by atoms with Crippen LogP contribution in [0.5, 0.6) is 0 Å². The maximum absolute atomic E-state index is 10.6. The van der Waals surface area contributed by atoms with Crippen LogP contribution in [0.3, 0.4) is 0 Å². The average Bonchev–Trinajstić information content (AvgIpc) is 2.69. The summed E-state index contributed by atoms with van der Waals surface area (Å²) in [6.07, 6.45) is 3.71. The molecule has 0 saturated carbocycles. The van der Waals surface area contributed by atoms with Gasteiger partial charge in [0.25, 0.3) is 0 Å². The molecule has 1 aromatic rings. The van der Waals surface area contributed by atoms with Crippen molar-refractivity contribution in [1.82, 2.24) is 4.98 Å². The van der Waals surface area contributed by atoms with Gasteiger partial charge in [0.2, 0.25) is 0 Å². The topological polar surface area (TPSA) is 33.2 Å². The summed E-state index contributed by atoms with van der Waals surface area (Å²) in [7, 11) is 0. The minimum absolute atomic E-state index is 0.164. The summed E-state index contributed by atoms with van der Waals surface area (Å²) in [4.78, 5) is 17.9. The highest BCUT2D eigenvalue weighted by Crippen LogP contribution is 2.37. The van der Waals surface area contributed by atoms with Crippen molar-refractivity contribution in [3.8, 4) is 0 Å². The van der Waals surface area contributed by atoms with E-state index in [0.717, 1.165) is 18.0 Å². The lowest BCUT2D eigenvalue weighted by molar-refractivity contribution is 0.112. The fourth-order valence-electron chi connectivity index (χ4n) is 2.38. The van der Waals surface area contributed by atoms with E-state index in [2.05, 4.69) is 30.7 Å². The van der Waals surface area contributed by atoms with Crippen LogP contribution in [-0.4, -0.2) is 23.4 Å². The van der Waals surface area contributed by atoms with Crippen LogP contribution in [0.15, 0.2) is 6.20 Å². The van der Waals surface area contributed by atoms with Crippen LogP contribution < -0.4 is 4.90 Å². The minimum atomic E-state index is 0.164. The Balaban J connectivity index is 2.27. The third-order valence-corrected chi connectivity index (χ3v) is 3.88. The molecule has 1 aliphatic rings. The van der Waals surface area contributed by atoms with Crippen LogP contribution in [0, 0.1) is 5.92 Å². The monoisotopic (exact) mass is 224 g/mol. The highest BCUT2D eigenvalue weighted by molar-refractivity contribution is 7.17. The number of carbonyl (C=O) groups is 1. The Morgan fingerprint density at radius 2 is 2.40 bits per heavy atom. The van der Waals surface area contributed by atoms with Gasteiger partial charge in [-0.25, -0.2) is 4.98 Å². The fraction of sp³-hybridized carbons (Fsp3) is 0.636. The summed E-state index contributed by atoms with van der Waals surface area (Å²) in [5.41, 5.74) is 0.164. The molecule has 0 aliphatic carbocycles. The van der Waals surface area contributed by atoms with Crippen LogP contribution in [-0.2, 0) is 0 Å². The van der Waals surface area contributed by atoms with Crippen LogP contribution in [0.1, 0.15) is 36.9 Å². The number of carbonyl (C=O) groups excluding carboxylic acids is 1. The second-order valence-corrected chi connectivity index (χ2v) is 5.94. The third kappa shape index (κ3) is 1.91. The first-order chi connectivity index (χ1) is 7.03. The number of thiazole rings is 1. The quantitative estimate of drug-likeness (QED) is 0.724. The number of aldehydes is 1. The molecule has 1 fully saturated rings. The van der Waals surface area contributed by atoms with Gasteiger partial charge < -0.3 is 4.90 Å². The van der Waals surface area contributed by atoms with Crippen molar-refractivity contribution in [3.05, 3.63) is 11.1 Å². The highest BCUT2D eigenvalue weighted by atomic mass is 32.1. The zero-order valence-corrected chi connectivity index (χ0v) is 10.2. The Hall–Kier alpha value is -0.900. The predicted molar refractivity (Wildman–Crippen MR) is 62.7 cm³/mol. The van der Waals surface area contributed by atoms with E-state index < -0.39 is 0 Å². The van der Waals surface area contributed by atoms with E-state index in [-0.39, 0.29) is 5.54 Å². The molecule has 3 nitrogen and oxygen atoms in total. The maximum atomic E-state index is 10.6. The highest BCUT2D eigenvalue weighted by Gasteiger charge is 2.37. The van der Waals surface area contributed by atoms with E-state index in [1.54, 1.807) is 6.20 Å². The molecular weight excluding hydrogens is 208 g/mol. The SMILES string of the molecule is CC1CN(c2ncc(C=O)s2)C(C)(C)C1. The summed E-state index contributed by atoms with van der Waals surface area (Å²) in [5.74, 6) is 0.698. The molecule has 0 aromatic carbocycles. The van der Waals surface area contributed by atoms with Gasteiger partial charge >= 0.3 is 0 Å². The second-order valence-electron chi connectivity index (χ2n) is 4.90. The smallest absolute Gasteiger partial charge is 0.186 e. The first-order valence-corrected chi connectivity index (χ1v) is 6.03. The lowest BCUT2D eigenvalue weighted by atomic mass is 9.98. The Morgan fingerprint density at radius 1 is 1.67 bits per heavy atom. The minimum Gasteiger partial charge on any atom is -0.343 e. The first kappa shape index (κ1) is 10.6. The molecule has 1 aliphatic heterocycles. The van der Waals surface area contributed by atoms with Gasteiger partial charge in [0.1, 0.15) is 0 Å². The van der Waals surface area contributed by atoms with Crippen molar-refractivity contribution in [2.75, 3.05) is 11.4 Å². The van der Waals surface area contributed by atoms with Crippen molar-refractivity contribution in [1.29, 1.82) is 0 Å². The van der Waals surface area contributed by atoms with E-state index in [9.17, 15) is 4.79 Å². The number of hydrogen-bond acceptors (Lipinski definition) is 4. The molecule has 2 heterocycles. The summed E-state index contributed by atoms with van der Waals surface area (Å²) in [5, 5.41) is 0.978. The van der Waals surface area contributed by atoms with Gasteiger partial charge in [-0.15, -0.1) is 0 Å². The van der Waals surface area contributed by atoms with Crippen LogP contribution in [0.25, 0.3) is 0 Å². The molecule has 0 bridgehead atoms. The molecule has 1 aromatic heterocycles. The molecule has 82 valence electrons. The number of anilines is 1. The van der Waals surface area contributed by atoms with Gasteiger partial charge in [-0.3, -0.25) is 4.79 Å². The number of aromatic nitrogens is 1. The van der Waals surface area contributed by atoms with E-state index in [1.165, 1.54) is 17.8 Å². The lowest BCUT2D eigenvalue weighted by Crippen LogP contribution is -2.37. The number of rotatable bonds is 2. The predicted octanol–water partition coefficient (Wildman–Crippen LogP) is 2.58. The van der Waals surface area contributed by atoms with Gasteiger partial charge in [0.15, 0.2) is 11.4 Å². The van der Waals surface area contributed by atoms with Gasteiger partial charge in [0.05, 0.1) is 11.1 Å². The summed E-state index contributed by atoms with van der Waals surface area (Å²) in [6, 6.07) is 0. The van der Waals surface area contributed by atoms with E-state index in [0.29, 0.717) is 10.8 Å². The molecule has 1 saturated heterocycles. The largest absolute Gasteiger partial charge is 0.343 e. The number of hydrogen-bond donors (Lipinski definition) is 0. The summed E-state index contributed by atoms with van der Waals surface area (Å²) in [6.45, 7) is 7.77. The molecule has 0 radical (unpaired) electrons. The van der Waals surface area contributed by atoms with Gasteiger partial charge in [0, 0.05) is 12.1 Å². The third-order valence-electron chi connectivity index (χ3n) is 2.93. The van der Waals surface area contributed by atoms with E-state index in [4.69, 9.17) is 0 Å². The molecule has 1 atom stereocenters. The van der Waals surface area contributed by atoms with Crippen molar-refractivity contribution in [3.63, 3.8) is 0 Å². The van der Waals surface area contributed by atoms with Gasteiger partial charge in [-0.1, -0.05) is 18.3 Å². The molecule has 0 amide bonds. The first-order valence-electron chi connectivity index (χ1n) is 5.21. The normalized spacial score (nSPS) is 24.5. The molecule has 2 rings (SSSR count). The van der Waals surface area contributed by atoms with Crippen LogP contribution in [0.2, 0.25) is 0 Å². The van der Waals surface area contributed by atoms with Crippen LogP contribution in [0.4, 0.5) is 5.13 Å². The average molecular weight is 224 g/mol. The van der Waals surface area contributed by atoms with Gasteiger partial charge in [-0.05, 0) is 26.2 Å². The van der Waals surface area contributed by atoms with E-state index >= 15 is 0 Å². The molecule has 1 unspecified atom stereocenters. The Labute approximate surface area is 94.1 Å². The Bertz CT molecular complexity index is 372.